The second-order valence-corrected chi connectivity index (χ2v) is 4.14. The van der Waals surface area contributed by atoms with E-state index >= 15 is 0 Å². The topological polar surface area (TPSA) is 97.6 Å². The summed E-state index contributed by atoms with van der Waals surface area (Å²) in [4.78, 5) is 15.5. The molecule has 3 aromatic rings. The molecule has 6 nitrogen and oxygen atoms in total. The predicted octanol–water partition coefficient (Wildman–Crippen LogP) is 1.39. The van der Waals surface area contributed by atoms with E-state index in [1.807, 2.05) is 30.3 Å². The number of rotatable bonds is 2. The Hall–Kier alpha value is -3.20. The molecule has 0 aliphatic heterocycles. The third-order valence-electron chi connectivity index (χ3n) is 2.99. The number of pyridine rings is 1. The first-order valence-corrected chi connectivity index (χ1v) is 5.84. The lowest BCUT2D eigenvalue weighted by atomic mass is 10.1. The summed E-state index contributed by atoms with van der Waals surface area (Å²) < 4.78 is 1.41. The Morgan fingerprint density at radius 2 is 2.15 bits per heavy atom. The Morgan fingerprint density at radius 3 is 2.90 bits per heavy atom. The van der Waals surface area contributed by atoms with Crippen LogP contribution >= 0.6 is 0 Å². The minimum absolute atomic E-state index is 0.105. The summed E-state index contributed by atoms with van der Waals surface area (Å²) in [5.74, 6) is -0.675. The highest BCUT2D eigenvalue weighted by Gasteiger charge is 2.17. The van der Waals surface area contributed by atoms with E-state index in [1.54, 1.807) is 12.3 Å². The van der Waals surface area contributed by atoms with E-state index in [2.05, 4.69) is 10.1 Å². The second kappa shape index (κ2) is 4.48. The van der Waals surface area contributed by atoms with Crippen LogP contribution in [0.4, 0.5) is 0 Å². The Balaban J connectivity index is 2.32. The quantitative estimate of drug-likeness (QED) is 0.755. The molecule has 0 aliphatic rings. The number of carbonyl (C=O) groups is 1. The van der Waals surface area contributed by atoms with Crippen LogP contribution in [0.25, 0.3) is 16.6 Å². The minimum Gasteiger partial charge on any atom is -0.365 e. The molecule has 2 heterocycles. The minimum atomic E-state index is -0.675. The van der Waals surface area contributed by atoms with Crippen LogP contribution in [0.2, 0.25) is 0 Å². The number of fused-ring (bicyclic) bond motifs is 1. The predicted molar refractivity (Wildman–Crippen MR) is 72.1 cm³/mol. The highest BCUT2D eigenvalue weighted by Crippen LogP contribution is 2.22. The van der Waals surface area contributed by atoms with Crippen molar-refractivity contribution < 1.29 is 4.79 Å². The van der Waals surface area contributed by atoms with Gasteiger partial charge in [-0.25, -0.2) is 4.68 Å². The zero-order valence-electron chi connectivity index (χ0n) is 10.3. The Labute approximate surface area is 114 Å². The largest absolute Gasteiger partial charge is 0.365 e. The maximum absolute atomic E-state index is 11.3. The van der Waals surface area contributed by atoms with Crippen LogP contribution in [0.1, 0.15) is 16.1 Å². The van der Waals surface area contributed by atoms with E-state index in [0.717, 1.165) is 10.9 Å². The van der Waals surface area contributed by atoms with Crippen molar-refractivity contribution in [3.63, 3.8) is 0 Å². The molecule has 0 aliphatic carbocycles. The van der Waals surface area contributed by atoms with E-state index in [1.165, 1.54) is 10.9 Å². The van der Waals surface area contributed by atoms with Crippen molar-refractivity contribution in [3.05, 3.63) is 54.0 Å². The first-order valence-electron chi connectivity index (χ1n) is 5.84. The SMILES string of the molecule is N#Cc1c(C(N)=O)cnn1-c1cccc2ncccc12. The normalized spacial score (nSPS) is 10.3. The van der Waals surface area contributed by atoms with Crippen LogP contribution in [0.3, 0.4) is 0 Å². The first kappa shape index (κ1) is 11.9. The van der Waals surface area contributed by atoms with Crippen LogP contribution in [0, 0.1) is 11.3 Å². The summed E-state index contributed by atoms with van der Waals surface area (Å²) in [6.07, 6.45) is 2.99. The van der Waals surface area contributed by atoms with Crippen molar-refractivity contribution in [3.8, 4) is 11.8 Å². The van der Waals surface area contributed by atoms with Crippen LogP contribution in [0.15, 0.2) is 42.7 Å². The van der Waals surface area contributed by atoms with E-state index in [4.69, 9.17) is 5.73 Å². The number of nitriles is 1. The Bertz CT molecular complexity index is 854. The fourth-order valence-electron chi connectivity index (χ4n) is 2.09. The number of aromatic nitrogens is 3. The molecule has 0 saturated carbocycles. The lowest BCUT2D eigenvalue weighted by Gasteiger charge is -2.07. The fraction of sp³-hybridized carbons (Fsp3) is 0. The standard InChI is InChI=1S/C14H9N5O/c15-7-13-10(14(16)20)8-18-19(13)12-5-1-4-11-9(12)3-2-6-17-11/h1-6,8H,(H2,16,20). The highest BCUT2D eigenvalue weighted by molar-refractivity contribution is 5.95. The lowest BCUT2D eigenvalue weighted by Crippen LogP contribution is -2.12. The second-order valence-electron chi connectivity index (χ2n) is 4.14. The zero-order valence-corrected chi connectivity index (χ0v) is 10.3. The molecular weight excluding hydrogens is 254 g/mol. The van der Waals surface area contributed by atoms with Crippen LogP contribution < -0.4 is 5.73 Å². The van der Waals surface area contributed by atoms with E-state index in [9.17, 15) is 10.1 Å². The molecule has 96 valence electrons. The molecular formula is C14H9N5O. The number of hydrogen-bond acceptors (Lipinski definition) is 4. The van der Waals surface area contributed by atoms with E-state index in [-0.39, 0.29) is 11.3 Å². The summed E-state index contributed by atoms with van der Waals surface area (Å²) in [6.45, 7) is 0. The van der Waals surface area contributed by atoms with Gasteiger partial charge in [-0.3, -0.25) is 9.78 Å². The van der Waals surface area contributed by atoms with E-state index in [0.29, 0.717) is 5.69 Å². The third-order valence-corrected chi connectivity index (χ3v) is 2.99. The van der Waals surface area contributed by atoms with Crippen molar-refractivity contribution in [2.45, 2.75) is 0 Å². The first-order chi connectivity index (χ1) is 9.72. The molecule has 20 heavy (non-hydrogen) atoms. The summed E-state index contributed by atoms with van der Waals surface area (Å²) in [6, 6.07) is 11.1. The Morgan fingerprint density at radius 1 is 1.30 bits per heavy atom. The molecule has 0 spiro atoms. The van der Waals surface area contributed by atoms with Gasteiger partial charge in [0.1, 0.15) is 6.07 Å². The van der Waals surface area contributed by atoms with Gasteiger partial charge >= 0.3 is 0 Å². The van der Waals surface area contributed by atoms with Gasteiger partial charge in [0.05, 0.1) is 23.0 Å². The maximum Gasteiger partial charge on any atom is 0.253 e. The molecule has 6 heteroatoms. The van der Waals surface area contributed by atoms with Gasteiger partial charge in [0.25, 0.3) is 5.91 Å². The summed E-state index contributed by atoms with van der Waals surface area (Å²) in [7, 11) is 0. The number of primary amides is 1. The van der Waals surface area contributed by atoms with Gasteiger partial charge in [0, 0.05) is 11.6 Å². The van der Waals surface area contributed by atoms with Crippen LogP contribution in [-0.2, 0) is 0 Å². The molecule has 0 atom stereocenters. The van der Waals surface area contributed by atoms with Gasteiger partial charge in [-0.2, -0.15) is 10.4 Å². The molecule has 0 saturated heterocycles. The number of nitrogens with zero attached hydrogens (tertiary/aromatic N) is 4. The fourth-order valence-corrected chi connectivity index (χ4v) is 2.09. The molecule has 2 N–H and O–H groups in total. The van der Waals surface area contributed by atoms with Gasteiger partial charge < -0.3 is 5.73 Å². The molecule has 0 unspecified atom stereocenters. The van der Waals surface area contributed by atoms with Crippen LogP contribution in [-0.4, -0.2) is 20.7 Å². The van der Waals surface area contributed by atoms with Gasteiger partial charge in [-0.15, -0.1) is 0 Å². The van der Waals surface area contributed by atoms with Gasteiger partial charge in [0.2, 0.25) is 0 Å². The maximum atomic E-state index is 11.3. The van der Waals surface area contributed by atoms with Crippen molar-refractivity contribution in [1.29, 1.82) is 5.26 Å². The molecule has 3 rings (SSSR count). The Kier molecular flexibility index (Phi) is 2.66. The highest BCUT2D eigenvalue weighted by atomic mass is 16.1. The number of amides is 1. The summed E-state index contributed by atoms with van der Waals surface area (Å²) in [5.41, 5.74) is 6.93. The number of hydrogen-bond donors (Lipinski definition) is 1. The molecule has 0 bridgehead atoms. The molecule has 0 radical (unpaired) electrons. The third kappa shape index (κ3) is 1.69. The van der Waals surface area contributed by atoms with E-state index < -0.39 is 5.91 Å². The summed E-state index contributed by atoms with van der Waals surface area (Å²) >= 11 is 0. The van der Waals surface area contributed by atoms with Crippen molar-refractivity contribution in [1.82, 2.24) is 14.8 Å². The van der Waals surface area contributed by atoms with Crippen molar-refractivity contribution >= 4 is 16.8 Å². The molecule has 2 aromatic heterocycles. The average molecular weight is 263 g/mol. The zero-order chi connectivity index (χ0) is 14.1. The lowest BCUT2D eigenvalue weighted by molar-refractivity contribution is 0.1000. The summed E-state index contributed by atoms with van der Waals surface area (Å²) in [5, 5.41) is 14.2. The van der Waals surface area contributed by atoms with Crippen molar-refractivity contribution in [2.75, 3.05) is 0 Å². The average Bonchev–Trinajstić information content (AvgIpc) is 2.90. The van der Waals surface area contributed by atoms with Crippen molar-refractivity contribution in [2.24, 2.45) is 5.73 Å². The number of nitrogens with two attached hydrogens (primary N) is 1. The molecule has 0 fully saturated rings. The molecule has 1 aromatic carbocycles. The monoisotopic (exact) mass is 263 g/mol. The number of carbonyl (C=O) groups excluding carboxylic acids is 1. The molecule has 1 amide bonds. The van der Waals surface area contributed by atoms with Gasteiger partial charge in [0.15, 0.2) is 5.69 Å². The number of benzene rings is 1. The van der Waals surface area contributed by atoms with Crippen LogP contribution in [0.5, 0.6) is 0 Å². The van der Waals surface area contributed by atoms with Gasteiger partial charge in [-0.05, 0) is 24.3 Å². The van der Waals surface area contributed by atoms with Gasteiger partial charge in [-0.1, -0.05) is 6.07 Å². The smallest absolute Gasteiger partial charge is 0.253 e.